The Labute approximate surface area is 410 Å². The van der Waals surface area contributed by atoms with E-state index in [1.165, 1.54) is 25.7 Å². The molecule has 2 aromatic heterocycles. The van der Waals surface area contributed by atoms with Gasteiger partial charge in [0, 0.05) is 80.8 Å². The van der Waals surface area contributed by atoms with E-state index in [0.29, 0.717) is 83.9 Å². The van der Waals surface area contributed by atoms with Gasteiger partial charge in [-0.3, -0.25) is 24.5 Å². The van der Waals surface area contributed by atoms with E-state index >= 15 is 0 Å². The van der Waals surface area contributed by atoms with Crippen molar-refractivity contribution in [1.29, 1.82) is 0 Å². The fraction of sp³-hybridized carbons (Fsp3) is 0.429. The number of hydrogen-bond donors (Lipinski definition) is 1. The molecule has 14 heteroatoms. The zero-order chi connectivity index (χ0) is 48.6. The monoisotopic (exact) mass is 948 g/mol. The SMILES string of the molecule is COc1cc(C(=O)N(Cc2ccc3ccccc3n2)C[C@@H]2CCCN2)cc2c1OC(C)(C)O2.COc1cc(C(=O)N(Cc2ccc3ccccc3n2)C[C@@H]2CCCN2C2CCC2)cc2c1OC(C)(C)O2. The van der Waals surface area contributed by atoms with Gasteiger partial charge in [0.2, 0.25) is 23.1 Å². The third-order valence-corrected chi connectivity index (χ3v) is 14.0. The van der Waals surface area contributed by atoms with Gasteiger partial charge in [0.05, 0.1) is 49.7 Å². The number of benzene rings is 4. The van der Waals surface area contributed by atoms with Crippen molar-refractivity contribution < 1.29 is 38.0 Å². The average Bonchev–Trinajstić information content (AvgIpc) is 4.15. The molecule has 11 rings (SSSR count). The Hall–Kier alpha value is -6.64. The molecule has 70 heavy (non-hydrogen) atoms. The quantitative estimate of drug-likeness (QED) is 0.118. The lowest BCUT2D eigenvalue weighted by molar-refractivity contribution is -0.0445. The number of nitrogens with zero attached hydrogens (tertiary/aromatic N) is 5. The summed E-state index contributed by atoms with van der Waals surface area (Å²) in [6.07, 6.45) is 8.32. The molecule has 1 N–H and O–H groups in total. The molecule has 0 spiro atoms. The number of carbonyl (C=O) groups excluding carboxylic acids is 2. The maximum absolute atomic E-state index is 14.1. The molecule has 6 heterocycles. The second-order valence-corrected chi connectivity index (χ2v) is 20.0. The molecule has 5 aliphatic rings. The Balaban J connectivity index is 0.000000163. The molecule has 3 fully saturated rings. The Bertz CT molecular complexity index is 2900. The van der Waals surface area contributed by atoms with E-state index < -0.39 is 11.6 Å². The van der Waals surface area contributed by atoms with Crippen LogP contribution in [0.25, 0.3) is 21.8 Å². The van der Waals surface area contributed by atoms with Gasteiger partial charge in [-0.2, -0.15) is 0 Å². The van der Waals surface area contributed by atoms with E-state index in [1.54, 1.807) is 38.5 Å². The van der Waals surface area contributed by atoms with Gasteiger partial charge in [-0.05, 0) is 100 Å². The first-order valence-corrected chi connectivity index (χ1v) is 24.8. The van der Waals surface area contributed by atoms with Crippen molar-refractivity contribution in [1.82, 2.24) is 30.0 Å². The van der Waals surface area contributed by atoms with Crippen molar-refractivity contribution in [3.8, 4) is 34.5 Å². The summed E-state index contributed by atoms with van der Waals surface area (Å²) < 4.78 is 34.8. The zero-order valence-corrected chi connectivity index (χ0v) is 41.2. The molecule has 0 radical (unpaired) electrons. The van der Waals surface area contributed by atoms with E-state index in [4.69, 9.17) is 38.4 Å². The minimum atomic E-state index is -0.806. The first-order chi connectivity index (χ1) is 33.8. The Morgan fingerprint density at radius 1 is 0.643 bits per heavy atom. The number of carbonyl (C=O) groups is 2. The van der Waals surface area contributed by atoms with Crippen LogP contribution in [0.5, 0.6) is 34.5 Å². The summed E-state index contributed by atoms with van der Waals surface area (Å²) in [7, 11) is 3.15. The van der Waals surface area contributed by atoms with Gasteiger partial charge in [-0.25, -0.2) is 0 Å². The number of hydrogen-bond acceptors (Lipinski definition) is 12. The normalized spacial score (nSPS) is 19.6. The lowest BCUT2D eigenvalue weighted by Gasteiger charge is -2.40. The lowest BCUT2D eigenvalue weighted by Crippen LogP contribution is -2.48. The summed E-state index contributed by atoms with van der Waals surface area (Å²) in [6, 6.07) is 32.6. The van der Waals surface area contributed by atoms with E-state index in [-0.39, 0.29) is 17.9 Å². The number of ether oxygens (including phenoxy) is 6. The van der Waals surface area contributed by atoms with Crippen LogP contribution in [-0.4, -0.2) is 107 Å². The highest BCUT2D eigenvalue weighted by Crippen LogP contribution is 2.48. The van der Waals surface area contributed by atoms with Crippen molar-refractivity contribution in [2.45, 2.75) is 115 Å². The van der Waals surface area contributed by atoms with Crippen LogP contribution >= 0.6 is 0 Å². The highest BCUT2D eigenvalue weighted by molar-refractivity contribution is 5.96. The fourth-order valence-corrected chi connectivity index (χ4v) is 10.4. The Morgan fingerprint density at radius 3 is 1.66 bits per heavy atom. The molecule has 2 amide bonds. The van der Waals surface area contributed by atoms with Crippen LogP contribution in [0.15, 0.2) is 97.1 Å². The summed E-state index contributed by atoms with van der Waals surface area (Å²) in [5.41, 5.74) is 4.64. The van der Waals surface area contributed by atoms with Gasteiger partial charge < -0.3 is 43.5 Å². The van der Waals surface area contributed by atoms with E-state index in [1.807, 2.05) is 92.1 Å². The van der Waals surface area contributed by atoms with Gasteiger partial charge in [-0.15, -0.1) is 0 Å². The first-order valence-electron chi connectivity index (χ1n) is 24.8. The van der Waals surface area contributed by atoms with Crippen LogP contribution in [0.3, 0.4) is 0 Å². The number of para-hydroxylation sites is 2. The second-order valence-electron chi connectivity index (χ2n) is 20.0. The molecular weight excluding hydrogens is 885 g/mol. The number of rotatable bonds is 13. The molecule has 4 aromatic carbocycles. The van der Waals surface area contributed by atoms with Gasteiger partial charge in [0.15, 0.2) is 23.0 Å². The van der Waals surface area contributed by atoms with Gasteiger partial charge in [0.25, 0.3) is 11.8 Å². The molecule has 366 valence electrons. The number of likely N-dealkylation sites (tertiary alicyclic amines) is 1. The summed E-state index contributed by atoms with van der Waals surface area (Å²) in [5.74, 6) is 1.37. The van der Waals surface area contributed by atoms with Crippen molar-refractivity contribution in [3.05, 3.63) is 120 Å². The zero-order valence-electron chi connectivity index (χ0n) is 41.2. The summed E-state index contributed by atoms with van der Waals surface area (Å²) >= 11 is 0. The highest BCUT2D eigenvalue weighted by Gasteiger charge is 2.39. The summed E-state index contributed by atoms with van der Waals surface area (Å²) in [6.45, 7) is 11.6. The minimum Gasteiger partial charge on any atom is -0.493 e. The van der Waals surface area contributed by atoms with Gasteiger partial charge >= 0.3 is 0 Å². The maximum atomic E-state index is 14.1. The molecule has 6 aromatic rings. The molecule has 1 aliphatic carbocycles. The van der Waals surface area contributed by atoms with Crippen molar-refractivity contribution in [3.63, 3.8) is 0 Å². The number of nitrogens with one attached hydrogen (secondary N) is 1. The third-order valence-electron chi connectivity index (χ3n) is 14.0. The standard InChI is InChI=1S/C30H35N3O4.C26H29N3O4/c1-30(2)36-27-17-21(16-26(35-3)28(27)37-30)29(34)32(19-24-11-7-15-33(24)23-9-6-10-23)18-22-14-13-20-8-4-5-12-25(20)31-22;1-26(2)32-23-14-18(13-22(31-3)24(23)33-26)25(30)29(15-19-8-6-12-27-19)16-20-11-10-17-7-4-5-9-21(17)28-20/h4-5,8,12-14,16-17,23-24H,6-7,9-11,15,18-19H2,1-3H3;4-5,7,9-11,13-14,19,27H,6,8,12,15-16H2,1-3H3/t24-;19-/m00/s1. The smallest absolute Gasteiger partial charge is 0.254 e. The van der Waals surface area contributed by atoms with Crippen LogP contribution in [0, 0.1) is 0 Å². The average molecular weight is 949 g/mol. The van der Waals surface area contributed by atoms with Crippen LogP contribution in [0.2, 0.25) is 0 Å². The van der Waals surface area contributed by atoms with Crippen molar-refractivity contribution in [2.75, 3.05) is 40.4 Å². The van der Waals surface area contributed by atoms with Gasteiger partial charge in [-0.1, -0.05) is 55.0 Å². The van der Waals surface area contributed by atoms with Crippen LogP contribution in [0.1, 0.15) is 105 Å². The predicted octanol–water partition coefficient (Wildman–Crippen LogP) is 9.56. The van der Waals surface area contributed by atoms with Crippen LogP contribution in [0.4, 0.5) is 0 Å². The maximum Gasteiger partial charge on any atom is 0.254 e. The molecule has 4 aliphatic heterocycles. The van der Waals surface area contributed by atoms with Crippen molar-refractivity contribution >= 4 is 33.6 Å². The predicted molar refractivity (Wildman–Crippen MR) is 268 cm³/mol. The van der Waals surface area contributed by atoms with E-state index in [2.05, 4.69) is 28.4 Å². The number of amides is 2. The Morgan fingerprint density at radius 2 is 1.17 bits per heavy atom. The minimum absolute atomic E-state index is 0.0511. The molecular formula is C56H64N6O8. The number of fused-ring (bicyclic) bond motifs is 4. The molecule has 0 unspecified atom stereocenters. The topological polar surface area (TPSA) is 137 Å². The molecule has 0 bridgehead atoms. The first kappa shape index (κ1) is 47.1. The molecule has 2 atom stereocenters. The van der Waals surface area contributed by atoms with Crippen LogP contribution in [-0.2, 0) is 13.1 Å². The number of aromatic nitrogens is 2. The molecule has 14 nitrogen and oxygen atoms in total. The second kappa shape index (κ2) is 19.6. The highest BCUT2D eigenvalue weighted by atomic mass is 16.7. The number of pyridine rings is 2. The lowest BCUT2D eigenvalue weighted by atomic mass is 9.91. The summed E-state index contributed by atoms with van der Waals surface area (Å²) in [5, 5.41) is 5.68. The van der Waals surface area contributed by atoms with E-state index in [9.17, 15) is 9.59 Å². The summed E-state index contributed by atoms with van der Waals surface area (Å²) in [4.78, 5) is 44.0. The Kier molecular flexibility index (Phi) is 13.2. The third kappa shape index (κ3) is 10.2. The number of methoxy groups -OCH3 is 2. The largest absolute Gasteiger partial charge is 0.493 e. The van der Waals surface area contributed by atoms with Crippen LogP contribution < -0.4 is 33.7 Å². The van der Waals surface area contributed by atoms with E-state index in [0.717, 1.165) is 65.5 Å². The fourth-order valence-electron chi connectivity index (χ4n) is 10.4. The molecule has 1 saturated carbocycles. The van der Waals surface area contributed by atoms with Gasteiger partial charge in [0.1, 0.15) is 0 Å². The van der Waals surface area contributed by atoms with Crippen molar-refractivity contribution in [2.24, 2.45) is 0 Å². The molecule has 2 saturated heterocycles.